The zero-order valence-corrected chi connectivity index (χ0v) is 14.5. The van der Waals surface area contributed by atoms with Gasteiger partial charge in [0.05, 0.1) is 20.6 Å². The van der Waals surface area contributed by atoms with Crippen LogP contribution in [0.5, 0.6) is 0 Å². The van der Waals surface area contributed by atoms with E-state index in [0.717, 1.165) is 0 Å². The maximum Gasteiger partial charge on any atom is 0.283 e. The Morgan fingerprint density at radius 1 is 1.19 bits per heavy atom. The molecule has 7 nitrogen and oxygen atoms in total. The third-order valence-electron chi connectivity index (χ3n) is 4.25. The van der Waals surface area contributed by atoms with Crippen LogP contribution in [0.4, 0.5) is 5.69 Å². The average molecular weight is 389 g/mol. The van der Waals surface area contributed by atoms with Gasteiger partial charge in [-0.05, 0) is 17.7 Å². The van der Waals surface area contributed by atoms with E-state index in [9.17, 15) is 23.3 Å². The van der Waals surface area contributed by atoms with Crippen LogP contribution in [-0.2, 0) is 16.4 Å². The number of carbonyl (C=O) groups excluding carboxylic acids is 1. The molecule has 0 saturated heterocycles. The van der Waals surface area contributed by atoms with Crippen molar-refractivity contribution >= 4 is 38.8 Å². The van der Waals surface area contributed by atoms with Crippen LogP contribution in [0.15, 0.2) is 57.3 Å². The highest BCUT2D eigenvalue weighted by Gasteiger charge is 2.35. The number of halogens is 1. The van der Waals surface area contributed by atoms with Gasteiger partial charge in [-0.3, -0.25) is 14.9 Å². The zero-order chi connectivity index (χ0) is 18.6. The number of nitro benzene ring substituents is 1. The summed E-state index contributed by atoms with van der Waals surface area (Å²) in [6.07, 6.45) is 1.55. The summed E-state index contributed by atoms with van der Waals surface area (Å²) in [7, 11) is -3.80. The fraction of sp³-hybridized carbons (Fsp3) is 0.0588. The van der Waals surface area contributed by atoms with E-state index < -0.39 is 14.9 Å². The summed E-state index contributed by atoms with van der Waals surface area (Å²) < 4.78 is 28.0. The Hall–Kier alpha value is -2.84. The molecule has 0 radical (unpaired) electrons. The van der Waals surface area contributed by atoms with Gasteiger partial charge in [-0.15, -0.1) is 0 Å². The van der Waals surface area contributed by atoms with Crippen LogP contribution >= 0.6 is 11.6 Å². The van der Waals surface area contributed by atoms with Gasteiger partial charge in [0, 0.05) is 35.3 Å². The summed E-state index contributed by atoms with van der Waals surface area (Å²) in [5.74, 6) is -0.313. The van der Waals surface area contributed by atoms with Crippen molar-refractivity contribution in [3.05, 3.63) is 79.9 Å². The number of nitrogens with zero attached hydrogens (tertiary/aromatic N) is 2. The molecule has 1 aliphatic heterocycles. The first-order valence-corrected chi connectivity index (χ1v) is 9.26. The molecule has 2 aromatic rings. The summed E-state index contributed by atoms with van der Waals surface area (Å²) in [5, 5.41) is 11.0. The van der Waals surface area contributed by atoms with E-state index in [1.165, 1.54) is 36.4 Å². The zero-order valence-electron chi connectivity index (χ0n) is 13.0. The van der Waals surface area contributed by atoms with E-state index in [1.807, 2.05) is 0 Å². The van der Waals surface area contributed by atoms with Gasteiger partial charge in [0.25, 0.3) is 15.7 Å². The third-order valence-corrected chi connectivity index (χ3v) is 5.94. The molecule has 2 aromatic carbocycles. The quantitative estimate of drug-likeness (QED) is 0.593. The van der Waals surface area contributed by atoms with Gasteiger partial charge in [0.2, 0.25) is 0 Å². The summed E-state index contributed by atoms with van der Waals surface area (Å²) >= 11 is 6.10. The first-order valence-electron chi connectivity index (χ1n) is 7.44. The maximum atomic E-state index is 12.8. The highest BCUT2D eigenvalue weighted by molar-refractivity contribution is 7.90. The molecule has 0 bridgehead atoms. The number of carbonyl (C=O) groups is 1. The van der Waals surface area contributed by atoms with Crippen LogP contribution in [-0.4, -0.2) is 24.8 Å². The van der Waals surface area contributed by atoms with E-state index in [1.54, 1.807) is 6.07 Å². The first-order chi connectivity index (χ1) is 12.3. The van der Waals surface area contributed by atoms with E-state index in [2.05, 4.69) is 4.40 Å². The Balaban J connectivity index is 1.78. The summed E-state index contributed by atoms with van der Waals surface area (Å²) in [6.45, 7) is 0. The minimum atomic E-state index is -3.80. The minimum absolute atomic E-state index is 0.0296. The monoisotopic (exact) mass is 388 g/mol. The molecular formula is C17H9ClN2O5S. The van der Waals surface area contributed by atoms with Crippen LogP contribution in [0, 0.1) is 10.1 Å². The number of Topliss-reactive ketones (excluding diaryl/α,β-unsaturated/α-hetero) is 1. The summed E-state index contributed by atoms with van der Waals surface area (Å²) in [4.78, 5) is 23.0. The molecule has 26 heavy (non-hydrogen) atoms. The maximum absolute atomic E-state index is 12.8. The number of nitro groups is 1. The molecule has 1 heterocycles. The van der Waals surface area contributed by atoms with Gasteiger partial charge in [-0.25, -0.2) is 0 Å². The van der Waals surface area contributed by atoms with Crippen molar-refractivity contribution in [3.63, 3.8) is 0 Å². The number of benzene rings is 2. The lowest BCUT2D eigenvalue weighted by atomic mass is 9.86. The predicted molar refractivity (Wildman–Crippen MR) is 94.4 cm³/mol. The molecule has 1 aliphatic carbocycles. The lowest BCUT2D eigenvalue weighted by molar-refractivity contribution is -0.384. The van der Waals surface area contributed by atoms with E-state index in [0.29, 0.717) is 16.7 Å². The Morgan fingerprint density at radius 2 is 1.96 bits per heavy atom. The highest BCUT2D eigenvalue weighted by atomic mass is 35.5. The number of allylic oxidation sites excluding steroid dienone is 2. The highest BCUT2D eigenvalue weighted by Crippen LogP contribution is 2.35. The Bertz CT molecular complexity index is 1180. The fourth-order valence-electron chi connectivity index (χ4n) is 3.06. The number of hydrogen-bond acceptors (Lipinski definition) is 5. The Morgan fingerprint density at radius 3 is 2.65 bits per heavy atom. The number of sulfonamides is 1. The molecule has 2 aliphatic rings. The van der Waals surface area contributed by atoms with E-state index in [4.69, 9.17) is 11.6 Å². The Kier molecular flexibility index (Phi) is 3.57. The molecule has 4 rings (SSSR count). The number of non-ortho nitro benzene ring substituents is 1. The van der Waals surface area contributed by atoms with Crippen LogP contribution in [0.3, 0.4) is 0 Å². The van der Waals surface area contributed by atoms with Gasteiger partial charge in [0.1, 0.15) is 0 Å². The van der Waals surface area contributed by atoms with Crippen molar-refractivity contribution in [2.75, 3.05) is 0 Å². The van der Waals surface area contributed by atoms with Crippen LogP contribution < -0.4 is 0 Å². The molecule has 0 atom stereocenters. The number of hydrogen-bond donors (Lipinski definition) is 0. The van der Waals surface area contributed by atoms with Crippen molar-refractivity contribution in [3.8, 4) is 0 Å². The van der Waals surface area contributed by atoms with Crippen molar-refractivity contribution in [1.29, 1.82) is 0 Å². The SMILES string of the molecule is O=C1C(Cc2ccc([N+](=O)[O-])cc2Cl)=CC2=NS(=O)(=O)c3cccc1c32. The second kappa shape index (κ2) is 5.58. The molecule has 0 fully saturated rings. The van der Waals surface area contributed by atoms with Crippen molar-refractivity contribution in [2.24, 2.45) is 4.40 Å². The molecule has 0 unspecified atom stereocenters. The van der Waals surface area contributed by atoms with Crippen molar-refractivity contribution in [2.45, 2.75) is 11.3 Å². The predicted octanol–water partition coefficient (Wildman–Crippen LogP) is 3.11. The van der Waals surface area contributed by atoms with Crippen LogP contribution in [0.25, 0.3) is 0 Å². The van der Waals surface area contributed by atoms with Crippen molar-refractivity contribution in [1.82, 2.24) is 0 Å². The molecule has 0 N–H and O–H groups in total. The van der Waals surface area contributed by atoms with Gasteiger partial charge in [-0.1, -0.05) is 29.8 Å². The number of ketones is 1. The normalized spacial score (nSPS) is 16.7. The smallest absolute Gasteiger partial charge is 0.283 e. The molecular weight excluding hydrogens is 380 g/mol. The molecule has 130 valence electrons. The van der Waals surface area contributed by atoms with Gasteiger partial charge < -0.3 is 0 Å². The van der Waals surface area contributed by atoms with Gasteiger partial charge in [0.15, 0.2) is 5.78 Å². The van der Waals surface area contributed by atoms with E-state index in [-0.39, 0.29) is 39.1 Å². The molecule has 0 saturated carbocycles. The van der Waals surface area contributed by atoms with E-state index >= 15 is 0 Å². The summed E-state index contributed by atoms with van der Waals surface area (Å²) in [5.41, 5.74) is 1.53. The second-order valence-corrected chi connectivity index (χ2v) is 7.82. The van der Waals surface area contributed by atoms with Gasteiger partial charge >= 0.3 is 0 Å². The van der Waals surface area contributed by atoms with Gasteiger partial charge in [-0.2, -0.15) is 12.8 Å². The molecule has 0 aromatic heterocycles. The summed E-state index contributed by atoms with van der Waals surface area (Å²) in [6, 6.07) is 8.48. The number of rotatable bonds is 3. The first kappa shape index (κ1) is 16.6. The Labute approximate surface area is 152 Å². The lowest BCUT2D eigenvalue weighted by Crippen LogP contribution is -2.18. The third kappa shape index (κ3) is 2.46. The second-order valence-electron chi connectivity index (χ2n) is 5.84. The van der Waals surface area contributed by atoms with Crippen LogP contribution in [0.2, 0.25) is 5.02 Å². The molecule has 9 heteroatoms. The van der Waals surface area contributed by atoms with Crippen molar-refractivity contribution < 1.29 is 18.1 Å². The topological polar surface area (TPSA) is 107 Å². The largest absolute Gasteiger partial charge is 0.289 e. The fourth-order valence-corrected chi connectivity index (χ4v) is 4.52. The minimum Gasteiger partial charge on any atom is -0.289 e. The lowest BCUT2D eigenvalue weighted by Gasteiger charge is -2.16. The van der Waals surface area contributed by atoms with Crippen LogP contribution in [0.1, 0.15) is 21.5 Å². The standard InChI is InChI=1S/C17H9ClN2O5S/c18-13-8-11(20(22)23)5-4-9(13)6-10-7-14-16-12(17(10)21)2-1-3-15(16)26(24,25)19-14/h1-5,7-8H,6H2. The average Bonchev–Trinajstić information content (AvgIpc) is 2.85. The molecule has 0 spiro atoms. The molecule has 0 amide bonds.